The number of nitrogens with zero attached hydrogens (tertiary/aromatic N) is 2. The predicted molar refractivity (Wildman–Crippen MR) is 119 cm³/mol. The Hall–Kier alpha value is -2.33. The molecule has 0 spiro atoms. The summed E-state index contributed by atoms with van der Waals surface area (Å²) in [5, 5.41) is 0.576. The quantitative estimate of drug-likeness (QED) is 0.587. The molecule has 0 bridgehead atoms. The van der Waals surface area contributed by atoms with Crippen LogP contribution in [0.2, 0.25) is 5.02 Å². The van der Waals surface area contributed by atoms with Gasteiger partial charge in [-0.1, -0.05) is 23.7 Å². The molecule has 2 aliphatic rings. The van der Waals surface area contributed by atoms with Crippen LogP contribution >= 0.6 is 11.6 Å². The first kappa shape index (κ1) is 22.8. The summed E-state index contributed by atoms with van der Waals surface area (Å²) in [7, 11) is -3.71. The lowest BCUT2D eigenvalue weighted by Crippen LogP contribution is -2.51. The molecule has 0 radical (unpaired) electrons. The van der Waals surface area contributed by atoms with Gasteiger partial charge in [0.05, 0.1) is 11.5 Å². The topological polar surface area (TPSA) is 85.4 Å². The second-order valence-electron chi connectivity index (χ2n) is 7.45. The van der Waals surface area contributed by atoms with Crippen molar-refractivity contribution in [2.24, 2.45) is 0 Å². The number of benzene rings is 2. The molecule has 1 fully saturated rings. The number of esters is 1. The van der Waals surface area contributed by atoms with Gasteiger partial charge in [0.25, 0.3) is 0 Å². The predicted octanol–water partition coefficient (Wildman–Crippen LogP) is 2.72. The van der Waals surface area contributed by atoms with Crippen molar-refractivity contribution in [2.45, 2.75) is 17.9 Å². The molecule has 1 atom stereocenters. The number of sulfonamides is 1. The van der Waals surface area contributed by atoms with Crippen molar-refractivity contribution >= 4 is 27.6 Å². The molecule has 0 unspecified atom stereocenters. The van der Waals surface area contributed by atoms with E-state index in [0.29, 0.717) is 42.8 Å². The fraction of sp³-hybridized carbons (Fsp3) is 0.409. The summed E-state index contributed by atoms with van der Waals surface area (Å²) >= 11 is 5.99. The number of piperazine rings is 1. The molecule has 4 rings (SSSR count). The van der Waals surface area contributed by atoms with E-state index in [0.717, 1.165) is 5.56 Å². The van der Waals surface area contributed by atoms with Gasteiger partial charge in [0.2, 0.25) is 10.0 Å². The Bertz CT molecular complexity index is 1070. The summed E-state index contributed by atoms with van der Waals surface area (Å²) in [5.41, 5.74) is 0.760. The van der Waals surface area contributed by atoms with Crippen LogP contribution in [-0.4, -0.2) is 69.6 Å². The first-order valence-corrected chi connectivity index (χ1v) is 12.3. The highest BCUT2D eigenvalue weighted by atomic mass is 35.5. The number of hydrogen-bond acceptors (Lipinski definition) is 7. The summed E-state index contributed by atoms with van der Waals surface area (Å²) < 4.78 is 44.1. The molecule has 0 aliphatic carbocycles. The lowest BCUT2D eigenvalue weighted by atomic mass is 10.0. The molecule has 2 aromatic carbocycles. The first-order chi connectivity index (χ1) is 15.4. The summed E-state index contributed by atoms with van der Waals surface area (Å²) in [6.07, 6.45) is 0. The average Bonchev–Trinajstić information content (AvgIpc) is 2.81. The van der Waals surface area contributed by atoms with Crippen LogP contribution in [0.5, 0.6) is 11.5 Å². The maximum Gasteiger partial charge on any atom is 0.328 e. The summed E-state index contributed by atoms with van der Waals surface area (Å²) in [6.45, 7) is 4.12. The zero-order chi connectivity index (χ0) is 22.7. The lowest BCUT2D eigenvalue weighted by Gasteiger charge is -2.37. The van der Waals surface area contributed by atoms with Crippen molar-refractivity contribution in [2.75, 3.05) is 46.0 Å². The van der Waals surface area contributed by atoms with Crippen LogP contribution < -0.4 is 9.47 Å². The third-order valence-electron chi connectivity index (χ3n) is 5.49. The second kappa shape index (κ2) is 9.66. The van der Waals surface area contributed by atoms with Crippen LogP contribution in [0.3, 0.4) is 0 Å². The Balaban J connectivity index is 1.50. The molecule has 32 heavy (non-hydrogen) atoms. The second-order valence-corrected chi connectivity index (χ2v) is 9.83. The van der Waals surface area contributed by atoms with E-state index in [1.807, 2.05) is 4.90 Å². The minimum atomic E-state index is -3.71. The molecule has 0 amide bonds. The fourth-order valence-electron chi connectivity index (χ4n) is 3.90. The molecule has 2 aromatic rings. The van der Waals surface area contributed by atoms with Gasteiger partial charge in [-0.3, -0.25) is 4.90 Å². The zero-order valence-electron chi connectivity index (χ0n) is 17.7. The molecule has 0 N–H and O–H groups in total. The standard InChI is InChI=1S/C22H25ClN2O6S/c1-2-29-22(26)21(16-3-5-17(23)6-4-16)24-9-11-25(12-10-24)32(27,28)18-7-8-19-20(15-18)31-14-13-30-19/h3-8,15,21H,2,9-14H2,1H3/t21-/m0/s1. The largest absolute Gasteiger partial charge is 0.486 e. The van der Waals surface area contributed by atoms with E-state index in [-0.39, 0.29) is 30.6 Å². The highest BCUT2D eigenvalue weighted by molar-refractivity contribution is 7.89. The van der Waals surface area contributed by atoms with Gasteiger partial charge in [-0.25, -0.2) is 13.2 Å². The van der Waals surface area contributed by atoms with Crippen LogP contribution in [0.4, 0.5) is 0 Å². The molecular weight excluding hydrogens is 456 g/mol. The monoisotopic (exact) mass is 480 g/mol. The van der Waals surface area contributed by atoms with Gasteiger partial charge in [-0.2, -0.15) is 4.31 Å². The van der Waals surface area contributed by atoms with E-state index in [2.05, 4.69) is 0 Å². The number of halogens is 1. The van der Waals surface area contributed by atoms with Gasteiger partial charge in [0, 0.05) is 37.3 Å². The van der Waals surface area contributed by atoms with E-state index in [4.69, 9.17) is 25.8 Å². The number of ether oxygens (including phenoxy) is 3. The maximum atomic E-state index is 13.2. The number of carbonyl (C=O) groups is 1. The fourth-order valence-corrected chi connectivity index (χ4v) is 5.46. The number of fused-ring (bicyclic) bond motifs is 1. The minimum absolute atomic E-state index is 0.162. The number of hydrogen-bond donors (Lipinski definition) is 0. The van der Waals surface area contributed by atoms with E-state index >= 15 is 0 Å². The number of carbonyl (C=O) groups excluding carboxylic acids is 1. The zero-order valence-corrected chi connectivity index (χ0v) is 19.3. The van der Waals surface area contributed by atoms with Crippen LogP contribution in [0.1, 0.15) is 18.5 Å². The van der Waals surface area contributed by atoms with Crippen molar-refractivity contribution in [1.29, 1.82) is 0 Å². The van der Waals surface area contributed by atoms with Crippen molar-refractivity contribution in [3.63, 3.8) is 0 Å². The Labute approximate surface area is 192 Å². The van der Waals surface area contributed by atoms with E-state index in [9.17, 15) is 13.2 Å². The molecule has 0 aromatic heterocycles. The van der Waals surface area contributed by atoms with Crippen molar-refractivity contribution in [3.05, 3.63) is 53.1 Å². The van der Waals surface area contributed by atoms with Gasteiger partial charge >= 0.3 is 5.97 Å². The van der Waals surface area contributed by atoms with Crippen molar-refractivity contribution in [3.8, 4) is 11.5 Å². The minimum Gasteiger partial charge on any atom is -0.486 e. The maximum absolute atomic E-state index is 13.2. The van der Waals surface area contributed by atoms with Gasteiger partial charge in [-0.05, 0) is 36.8 Å². The third kappa shape index (κ3) is 4.71. The van der Waals surface area contributed by atoms with Crippen molar-refractivity contribution < 1.29 is 27.4 Å². The van der Waals surface area contributed by atoms with Crippen LogP contribution in [-0.2, 0) is 19.6 Å². The SMILES string of the molecule is CCOC(=O)[C@H](c1ccc(Cl)cc1)N1CCN(S(=O)(=O)c2ccc3c(c2)OCCO3)CC1. The molecule has 0 saturated carbocycles. The Morgan fingerprint density at radius 2 is 1.69 bits per heavy atom. The molecule has 172 valence electrons. The lowest BCUT2D eigenvalue weighted by molar-refractivity contribution is -0.150. The highest BCUT2D eigenvalue weighted by Gasteiger charge is 2.35. The van der Waals surface area contributed by atoms with Gasteiger partial charge < -0.3 is 14.2 Å². The Kier molecular flexibility index (Phi) is 6.90. The third-order valence-corrected chi connectivity index (χ3v) is 7.63. The van der Waals surface area contributed by atoms with E-state index in [1.165, 1.54) is 16.4 Å². The van der Waals surface area contributed by atoms with E-state index in [1.54, 1.807) is 37.3 Å². The van der Waals surface area contributed by atoms with Gasteiger partial charge in [0.15, 0.2) is 11.5 Å². The molecule has 1 saturated heterocycles. The van der Waals surface area contributed by atoms with Crippen LogP contribution in [0, 0.1) is 0 Å². The van der Waals surface area contributed by atoms with Crippen molar-refractivity contribution in [1.82, 2.24) is 9.21 Å². The molecule has 8 nitrogen and oxygen atoms in total. The van der Waals surface area contributed by atoms with Crippen LogP contribution in [0.25, 0.3) is 0 Å². The molecule has 2 heterocycles. The first-order valence-electron chi connectivity index (χ1n) is 10.5. The molecular formula is C22H25ClN2O6S. The Morgan fingerprint density at radius 3 is 2.34 bits per heavy atom. The Morgan fingerprint density at radius 1 is 1.03 bits per heavy atom. The molecule has 2 aliphatic heterocycles. The van der Waals surface area contributed by atoms with Gasteiger partial charge in [-0.15, -0.1) is 0 Å². The average molecular weight is 481 g/mol. The normalized spacial score (nSPS) is 18.2. The summed E-state index contributed by atoms with van der Waals surface area (Å²) in [5.74, 6) is 0.610. The summed E-state index contributed by atoms with van der Waals surface area (Å²) in [4.78, 5) is 14.8. The summed E-state index contributed by atoms with van der Waals surface area (Å²) in [6, 6.07) is 11.1. The van der Waals surface area contributed by atoms with Gasteiger partial charge in [0.1, 0.15) is 19.3 Å². The molecule has 10 heteroatoms. The smallest absolute Gasteiger partial charge is 0.328 e. The van der Waals surface area contributed by atoms with E-state index < -0.39 is 16.1 Å². The number of rotatable bonds is 6. The highest BCUT2D eigenvalue weighted by Crippen LogP contribution is 2.34. The van der Waals surface area contributed by atoms with Crippen LogP contribution in [0.15, 0.2) is 47.4 Å².